The lowest BCUT2D eigenvalue weighted by molar-refractivity contribution is -0.137. The average Bonchev–Trinajstić information content (AvgIpc) is 3.07. The van der Waals surface area contributed by atoms with Crippen molar-refractivity contribution < 1.29 is 28.0 Å². The number of hydrogen-bond acceptors (Lipinski definition) is 4. The van der Waals surface area contributed by atoms with Gasteiger partial charge in [-0.2, -0.15) is 0 Å². The van der Waals surface area contributed by atoms with Gasteiger partial charge in [-0.1, -0.05) is 24.1 Å². The van der Waals surface area contributed by atoms with E-state index in [0.717, 1.165) is 12.1 Å². The van der Waals surface area contributed by atoms with Crippen LogP contribution in [0.5, 0.6) is 0 Å². The van der Waals surface area contributed by atoms with E-state index in [0.29, 0.717) is 16.7 Å². The summed E-state index contributed by atoms with van der Waals surface area (Å²) in [6.07, 6.45) is 0.445. The Balaban J connectivity index is 1.41. The molecule has 2 aromatic rings. The van der Waals surface area contributed by atoms with Gasteiger partial charge in [-0.15, -0.1) is 0 Å². The first-order valence-corrected chi connectivity index (χ1v) is 9.84. The molecule has 9 heteroatoms. The number of imide groups is 1. The van der Waals surface area contributed by atoms with Crippen molar-refractivity contribution in [2.45, 2.75) is 32.0 Å². The summed E-state index contributed by atoms with van der Waals surface area (Å²) in [7, 11) is 0. The van der Waals surface area contributed by atoms with Crippen molar-refractivity contribution in [1.29, 1.82) is 0 Å². The normalized spacial score (nSPS) is 17.4. The minimum atomic E-state index is -0.853. The number of fused-ring (bicyclic) bond motifs is 1. The minimum absolute atomic E-state index is 0.0904. The molecule has 2 aliphatic rings. The lowest BCUT2D eigenvalue weighted by Crippen LogP contribution is -2.52. The summed E-state index contributed by atoms with van der Waals surface area (Å²) in [5.74, 6) is 0.797. The van der Waals surface area contributed by atoms with Crippen molar-refractivity contribution in [2.75, 3.05) is 0 Å². The number of carbonyl (C=O) groups is 4. The van der Waals surface area contributed by atoms with E-state index in [9.17, 15) is 28.0 Å². The number of hydrogen-bond donors (Lipinski definition) is 2. The van der Waals surface area contributed by atoms with Crippen molar-refractivity contribution in [3.8, 4) is 11.8 Å². The summed E-state index contributed by atoms with van der Waals surface area (Å²) in [5.41, 5.74) is 1.37. The molecule has 4 rings (SSSR count). The van der Waals surface area contributed by atoms with Gasteiger partial charge in [0.2, 0.25) is 11.8 Å². The largest absolute Gasteiger partial charge is 0.341 e. The Bertz CT molecular complexity index is 1200. The molecule has 2 heterocycles. The highest BCUT2D eigenvalue weighted by atomic mass is 19.1. The molecule has 7 nitrogen and oxygen atoms in total. The predicted molar refractivity (Wildman–Crippen MR) is 108 cm³/mol. The second kappa shape index (κ2) is 8.59. The van der Waals surface area contributed by atoms with Crippen LogP contribution in [-0.2, 0) is 27.5 Å². The van der Waals surface area contributed by atoms with Crippen molar-refractivity contribution in [3.05, 3.63) is 70.3 Å². The third kappa shape index (κ3) is 4.21. The molecule has 2 N–H and O–H groups in total. The lowest BCUT2D eigenvalue weighted by Gasteiger charge is -2.29. The molecule has 0 bridgehead atoms. The Labute approximate surface area is 181 Å². The van der Waals surface area contributed by atoms with Gasteiger partial charge in [0.1, 0.15) is 17.7 Å². The van der Waals surface area contributed by atoms with E-state index >= 15 is 0 Å². The van der Waals surface area contributed by atoms with Crippen LogP contribution in [0.2, 0.25) is 0 Å². The fourth-order valence-electron chi connectivity index (χ4n) is 3.70. The molecule has 2 aliphatic heterocycles. The summed E-state index contributed by atoms with van der Waals surface area (Å²) in [6.45, 7) is 0.307. The minimum Gasteiger partial charge on any atom is -0.341 e. The summed E-state index contributed by atoms with van der Waals surface area (Å²) in [4.78, 5) is 49.5. The first-order valence-electron chi connectivity index (χ1n) is 9.84. The van der Waals surface area contributed by atoms with E-state index in [-0.39, 0.29) is 37.7 Å². The zero-order chi connectivity index (χ0) is 22.8. The number of nitrogens with zero attached hydrogens (tertiary/aromatic N) is 1. The fraction of sp³-hybridized carbons (Fsp3) is 0.217. The van der Waals surface area contributed by atoms with Crippen LogP contribution >= 0.6 is 0 Å². The number of halogens is 2. The van der Waals surface area contributed by atoms with Gasteiger partial charge < -0.3 is 10.2 Å². The van der Waals surface area contributed by atoms with E-state index in [1.54, 1.807) is 18.2 Å². The van der Waals surface area contributed by atoms with Crippen molar-refractivity contribution in [2.24, 2.45) is 0 Å². The Morgan fingerprint density at radius 3 is 2.62 bits per heavy atom. The number of rotatable bonds is 3. The molecular formula is C23H17F2N3O4. The van der Waals surface area contributed by atoms with Crippen LogP contribution in [0.15, 0.2) is 36.4 Å². The molecule has 0 saturated carbocycles. The number of benzene rings is 2. The first-order chi connectivity index (χ1) is 15.3. The molecule has 0 radical (unpaired) electrons. The molecule has 0 aliphatic carbocycles. The molecule has 1 saturated heterocycles. The highest BCUT2D eigenvalue weighted by Gasteiger charge is 2.39. The average molecular weight is 437 g/mol. The van der Waals surface area contributed by atoms with Gasteiger partial charge in [0.25, 0.3) is 11.8 Å². The first kappa shape index (κ1) is 21.2. The van der Waals surface area contributed by atoms with Crippen molar-refractivity contribution >= 4 is 23.6 Å². The topological polar surface area (TPSA) is 95.6 Å². The molecule has 162 valence electrons. The van der Waals surface area contributed by atoms with Crippen molar-refractivity contribution in [1.82, 2.24) is 15.5 Å². The molecular weight excluding hydrogens is 420 g/mol. The van der Waals surface area contributed by atoms with Crippen LogP contribution in [0.4, 0.5) is 8.78 Å². The van der Waals surface area contributed by atoms with Crippen molar-refractivity contribution in [3.63, 3.8) is 0 Å². The van der Waals surface area contributed by atoms with Crippen LogP contribution in [-0.4, -0.2) is 34.6 Å². The third-order valence-corrected chi connectivity index (χ3v) is 5.30. The zero-order valence-electron chi connectivity index (χ0n) is 16.7. The monoisotopic (exact) mass is 437 g/mol. The predicted octanol–water partition coefficient (Wildman–Crippen LogP) is 1.39. The summed E-state index contributed by atoms with van der Waals surface area (Å²) in [6, 6.07) is 7.62. The highest BCUT2D eigenvalue weighted by molar-refractivity contribution is 6.05. The number of piperidine rings is 1. The van der Waals surface area contributed by atoms with E-state index in [2.05, 4.69) is 22.5 Å². The number of amides is 4. The van der Waals surface area contributed by atoms with Gasteiger partial charge in [0.15, 0.2) is 0 Å². The van der Waals surface area contributed by atoms with Crippen LogP contribution in [0.25, 0.3) is 0 Å². The SMILES string of the molecule is O=C(C#Cc1c(F)cccc1F)NCc1ccc2c(c1)CN(C1CCC(=O)NC1=O)C2=O. The molecule has 1 atom stereocenters. The number of nitrogens with one attached hydrogen (secondary N) is 2. The molecule has 32 heavy (non-hydrogen) atoms. The standard InChI is InChI=1S/C23H17F2N3O4/c24-17-2-1-3-18(25)16(17)6-8-20(29)26-11-13-4-5-15-14(10-13)12-28(23(15)32)19-7-9-21(30)27-22(19)31/h1-5,10,19H,7,9,11-12H2,(H,26,29)(H,27,30,31). The number of carbonyl (C=O) groups excluding carboxylic acids is 4. The maximum absolute atomic E-state index is 13.6. The van der Waals surface area contributed by atoms with Crippen LogP contribution in [0.3, 0.4) is 0 Å². The zero-order valence-corrected chi connectivity index (χ0v) is 16.7. The van der Waals surface area contributed by atoms with Gasteiger partial charge in [0, 0.05) is 31.0 Å². The van der Waals surface area contributed by atoms with Crippen LogP contribution in [0, 0.1) is 23.5 Å². The van der Waals surface area contributed by atoms with Gasteiger partial charge in [-0.05, 0) is 35.7 Å². The van der Waals surface area contributed by atoms with E-state index in [1.807, 2.05) is 0 Å². The van der Waals surface area contributed by atoms with Gasteiger partial charge in [-0.3, -0.25) is 24.5 Å². The third-order valence-electron chi connectivity index (χ3n) is 5.30. The maximum atomic E-state index is 13.6. The molecule has 2 aromatic carbocycles. The second-order valence-electron chi connectivity index (χ2n) is 7.42. The fourth-order valence-corrected chi connectivity index (χ4v) is 3.70. The van der Waals surface area contributed by atoms with E-state index < -0.39 is 35.1 Å². The summed E-state index contributed by atoms with van der Waals surface area (Å²) >= 11 is 0. The quantitative estimate of drug-likeness (QED) is 0.561. The smallest absolute Gasteiger partial charge is 0.296 e. The Kier molecular flexibility index (Phi) is 5.69. The molecule has 4 amide bonds. The Morgan fingerprint density at radius 2 is 1.91 bits per heavy atom. The van der Waals surface area contributed by atoms with Gasteiger partial charge in [0.05, 0.1) is 5.56 Å². The summed E-state index contributed by atoms with van der Waals surface area (Å²) in [5, 5.41) is 4.79. The van der Waals surface area contributed by atoms with E-state index in [4.69, 9.17) is 0 Å². The molecule has 1 unspecified atom stereocenters. The second-order valence-corrected chi connectivity index (χ2v) is 7.42. The lowest BCUT2D eigenvalue weighted by atomic mass is 10.0. The highest BCUT2D eigenvalue weighted by Crippen LogP contribution is 2.28. The molecule has 0 aromatic heterocycles. The molecule has 0 spiro atoms. The van der Waals surface area contributed by atoms with E-state index in [1.165, 1.54) is 11.0 Å². The maximum Gasteiger partial charge on any atom is 0.296 e. The van der Waals surface area contributed by atoms with Crippen LogP contribution < -0.4 is 10.6 Å². The Morgan fingerprint density at radius 1 is 1.16 bits per heavy atom. The van der Waals surface area contributed by atoms with Crippen LogP contribution in [0.1, 0.15) is 39.9 Å². The molecule has 1 fully saturated rings. The Hall–Kier alpha value is -4.06. The van der Waals surface area contributed by atoms with Gasteiger partial charge >= 0.3 is 0 Å². The van der Waals surface area contributed by atoms with Gasteiger partial charge in [-0.25, -0.2) is 8.78 Å². The summed E-state index contributed by atoms with van der Waals surface area (Å²) < 4.78 is 27.1.